The zero-order chi connectivity index (χ0) is 12.8. The molecule has 3 heteroatoms. The molecule has 2 heterocycles. The lowest BCUT2D eigenvalue weighted by molar-refractivity contribution is 0.545. The SMILES string of the molecule is CCc1cnccc1C(CCc1ccsc1)NC. The Morgan fingerprint density at radius 2 is 2.28 bits per heavy atom. The third-order valence-electron chi connectivity index (χ3n) is 3.35. The molecule has 0 fully saturated rings. The van der Waals surface area contributed by atoms with E-state index in [1.807, 2.05) is 19.4 Å². The summed E-state index contributed by atoms with van der Waals surface area (Å²) in [6, 6.07) is 4.78. The van der Waals surface area contributed by atoms with Crippen LogP contribution in [0.3, 0.4) is 0 Å². The van der Waals surface area contributed by atoms with Gasteiger partial charge in [0.05, 0.1) is 0 Å². The molecule has 0 aliphatic rings. The van der Waals surface area contributed by atoms with Crippen molar-refractivity contribution in [3.8, 4) is 0 Å². The summed E-state index contributed by atoms with van der Waals surface area (Å²) in [4.78, 5) is 4.22. The summed E-state index contributed by atoms with van der Waals surface area (Å²) in [5, 5.41) is 7.81. The predicted molar refractivity (Wildman–Crippen MR) is 78.1 cm³/mol. The summed E-state index contributed by atoms with van der Waals surface area (Å²) in [6.07, 6.45) is 7.18. The lowest BCUT2D eigenvalue weighted by Gasteiger charge is -2.19. The number of nitrogens with zero attached hydrogens (tertiary/aromatic N) is 1. The second kappa shape index (κ2) is 6.66. The van der Waals surface area contributed by atoms with Crippen LogP contribution in [0, 0.1) is 0 Å². The second-order valence-corrected chi connectivity index (χ2v) is 5.22. The molecule has 2 nitrogen and oxygen atoms in total. The molecule has 1 N–H and O–H groups in total. The van der Waals surface area contributed by atoms with Crippen LogP contribution in [0.15, 0.2) is 35.3 Å². The molecular weight excluding hydrogens is 240 g/mol. The zero-order valence-corrected chi connectivity index (χ0v) is 11.8. The molecule has 0 aliphatic heterocycles. The number of rotatable bonds is 6. The van der Waals surface area contributed by atoms with Crippen LogP contribution in [0.5, 0.6) is 0 Å². The Morgan fingerprint density at radius 3 is 2.94 bits per heavy atom. The highest BCUT2D eigenvalue weighted by Gasteiger charge is 2.12. The topological polar surface area (TPSA) is 24.9 Å². The molecule has 0 aliphatic carbocycles. The fraction of sp³-hybridized carbons (Fsp3) is 0.400. The van der Waals surface area contributed by atoms with Gasteiger partial charge in [-0.2, -0.15) is 11.3 Å². The second-order valence-electron chi connectivity index (χ2n) is 4.44. The van der Waals surface area contributed by atoms with Crippen molar-refractivity contribution in [2.24, 2.45) is 0 Å². The van der Waals surface area contributed by atoms with E-state index in [0.29, 0.717) is 6.04 Å². The quantitative estimate of drug-likeness (QED) is 0.858. The van der Waals surface area contributed by atoms with Gasteiger partial charge in [0.15, 0.2) is 0 Å². The monoisotopic (exact) mass is 260 g/mol. The Morgan fingerprint density at radius 1 is 1.39 bits per heavy atom. The van der Waals surface area contributed by atoms with Crippen LogP contribution in [0.2, 0.25) is 0 Å². The Labute approximate surface area is 113 Å². The predicted octanol–water partition coefficient (Wildman–Crippen LogP) is 3.60. The highest BCUT2D eigenvalue weighted by molar-refractivity contribution is 7.07. The number of hydrogen-bond acceptors (Lipinski definition) is 3. The summed E-state index contributed by atoms with van der Waals surface area (Å²) in [5.74, 6) is 0. The average Bonchev–Trinajstić information content (AvgIpc) is 2.93. The molecule has 0 amide bonds. The molecule has 0 spiro atoms. The normalized spacial score (nSPS) is 12.6. The first-order valence-electron chi connectivity index (χ1n) is 6.46. The van der Waals surface area contributed by atoms with Gasteiger partial charge < -0.3 is 5.32 Å². The molecule has 2 aromatic rings. The van der Waals surface area contributed by atoms with Gasteiger partial charge in [0.2, 0.25) is 0 Å². The van der Waals surface area contributed by atoms with E-state index in [1.54, 1.807) is 11.3 Å². The van der Waals surface area contributed by atoms with Crippen molar-refractivity contribution in [1.82, 2.24) is 10.3 Å². The van der Waals surface area contributed by atoms with Crippen molar-refractivity contribution < 1.29 is 0 Å². The maximum Gasteiger partial charge on any atom is 0.0324 e. The lowest BCUT2D eigenvalue weighted by Crippen LogP contribution is -2.18. The third-order valence-corrected chi connectivity index (χ3v) is 4.08. The van der Waals surface area contributed by atoms with Gasteiger partial charge in [-0.1, -0.05) is 6.92 Å². The Kier molecular flexibility index (Phi) is 4.90. The van der Waals surface area contributed by atoms with Crippen molar-refractivity contribution in [3.63, 3.8) is 0 Å². The molecular formula is C15H20N2S. The van der Waals surface area contributed by atoms with Crippen molar-refractivity contribution in [2.75, 3.05) is 7.05 Å². The highest BCUT2D eigenvalue weighted by atomic mass is 32.1. The number of aryl methyl sites for hydroxylation is 2. The number of hydrogen-bond donors (Lipinski definition) is 1. The first-order chi connectivity index (χ1) is 8.85. The van der Waals surface area contributed by atoms with E-state index in [1.165, 1.54) is 16.7 Å². The third kappa shape index (κ3) is 3.18. The van der Waals surface area contributed by atoms with Gasteiger partial charge in [-0.15, -0.1) is 0 Å². The van der Waals surface area contributed by atoms with E-state index in [9.17, 15) is 0 Å². The molecule has 1 atom stereocenters. The van der Waals surface area contributed by atoms with E-state index < -0.39 is 0 Å². The van der Waals surface area contributed by atoms with Crippen LogP contribution in [0.1, 0.15) is 36.1 Å². The van der Waals surface area contributed by atoms with Crippen LogP contribution in [0.4, 0.5) is 0 Å². The maximum absolute atomic E-state index is 4.22. The number of aromatic nitrogens is 1. The van der Waals surface area contributed by atoms with Gasteiger partial charge in [0.1, 0.15) is 0 Å². The van der Waals surface area contributed by atoms with Crippen LogP contribution >= 0.6 is 11.3 Å². The molecule has 18 heavy (non-hydrogen) atoms. The molecule has 0 saturated heterocycles. The average molecular weight is 260 g/mol. The minimum Gasteiger partial charge on any atom is -0.313 e. The summed E-state index contributed by atoms with van der Waals surface area (Å²) >= 11 is 1.77. The summed E-state index contributed by atoms with van der Waals surface area (Å²) in [6.45, 7) is 2.19. The van der Waals surface area contributed by atoms with Gasteiger partial charge in [0, 0.05) is 18.4 Å². The Balaban J connectivity index is 2.08. The zero-order valence-electron chi connectivity index (χ0n) is 11.0. The fourth-order valence-corrected chi connectivity index (χ4v) is 2.98. The smallest absolute Gasteiger partial charge is 0.0324 e. The molecule has 0 aromatic carbocycles. The summed E-state index contributed by atoms with van der Waals surface area (Å²) < 4.78 is 0. The van der Waals surface area contributed by atoms with Crippen LogP contribution in [0.25, 0.3) is 0 Å². The maximum atomic E-state index is 4.22. The molecule has 0 bridgehead atoms. The van der Waals surface area contributed by atoms with E-state index in [4.69, 9.17) is 0 Å². The van der Waals surface area contributed by atoms with Gasteiger partial charge in [-0.05, 0) is 65.9 Å². The largest absolute Gasteiger partial charge is 0.313 e. The Bertz CT molecular complexity index is 465. The number of nitrogens with one attached hydrogen (secondary N) is 1. The minimum absolute atomic E-state index is 0.419. The first kappa shape index (κ1) is 13.2. The number of pyridine rings is 1. The first-order valence-corrected chi connectivity index (χ1v) is 7.40. The minimum atomic E-state index is 0.419. The molecule has 1 unspecified atom stereocenters. The van der Waals surface area contributed by atoms with Crippen LogP contribution in [-0.4, -0.2) is 12.0 Å². The van der Waals surface area contributed by atoms with E-state index >= 15 is 0 Å². The highest BCUT2D eigenvalue weighted by Crippen LogP contribution is 2.22. The van der Waals surface area contributed by atoms with Gasteiger partial charge in [-0.25, -0.2) is 0 Å². The fourth-order valence-electron chi connectivity index (χ4n) is 2.27. The van der Waals surface area contributed by atoms with Crippen molar-refractivity contribution in [1.29, 1.82) is 0 Å². The van der Waals surface area contributed by atoms with E-state index in [0.717, 1.165) is 19.3 Å². The van der Waals surface area contributed by atoms with E-state index in [-0.39, 0.29) is 0 Å². The lowest BCUT2D eigenvalue weighted by atomic mass is 9.96. The summed E-state index contributed by atoms with van der Waals surface area (Å²) in [5.41, 5.74) is 4.18. The summed E-state index contributed by atoms with van der Waals surface area (Å²) in [7, 11) is 2.04. The van der Waals surface area contributed by atoms with Crippen molar-refractivity contribution >= 4 is 11.3 Å². The molecule has 2 aromatic heterocycles. The van der Waals surface area contributed by atoms with Gasteiger partial charge in [0.25, 0.3) is 0 Å². The number of thiophene rings is 1. The van der Waals surface area contributed by atoms with Gasteiger partial charge in [-0.3, -0.25) is 4.98 Å². The standard InChI is InChI=1S/C15H20N2S/c1-3-13-10-17-8-6-14(13)15(16-2)5-4-12-7-9-18-11-12/h6-11,15-16H,3-5H2,1-2H3. The molecule has 2 rings (SSSR count). The van der Waals surface area contributed by atoms with Crippen LogP contribution < -0.4 is 5.32 Å². The molecule has 0 radical (unpaired) electrons. The van der Waals surface area contributed by atoms with Crippen molar-refractivity contribution in [3.05, 3.63) is 52.0 Å². The van der Waals surface area contributed by atoms with Crippen molar-refractivity contribution in [2.45, 2.75) is 32.2 Å². The van der Waals surface area contributed by atoms with Crippen LogP contribution in [-0.2, 0) is 12.8 Å². The Hall–Kier alpha value is -1.19. The van der Waals surface area contributed by atoms with E-state index in [2.05, 4.69) is 40.1 Å². The molecule has 0 saturated carbocycles. The molecule has 96 valence electrons. The van der Waals surface area contributed by atoms with Gasteiger partial charge >= 0.3 is 0 Å².